The van der Waals surface area contributed by atoms with Crippen LogP contribution in [0.3, 0.4) is 0 Å². The number of nitrogen functional groups attached to an aromatic ring is 2. The molecule has 2 heterocycles. The second kappa shape index (κ2) is 7.59. The molecular weight excluding hydrogens is 396 g/mol. The Morgan fingerprint density at radius 2 is 0.938 bits per heavy atom. The number of aromatic nitrogens is 2. The molecule has 6 N–H and O–H groups in total. The van der Waals surface area contributed by atoms with Crippen LogP contribution in [0.25, 0.3) is 44.1 Å². The lowest BCUT2D eigenvalue weighted by atomic mass is 9.95. The molecule has 0 atom stereocenters. The van der Waals surface area contributed by atoms with E-state index in [0.29, 0.717) is 22.4 Å². The number of hydrogen-bond acceptors (Lipinski definition) is 4. The zero-order chi connectivity index (χ0) is 22.2. The highest BCUT2D eigenvalue weighted by Gasteiger charge is 2.17. The van der Waals surface area contributed by atoms with Crippen molar-refractivity contribution in [1.29, 1.82) is 10.8 Å². The molecular formula is C26H20N6. The van der Waals surface area contributed by atoms with Crippen molar-refractivity contribution in [2.24, 2.45) is 11.5 Å². The highest BCUT2D eigenvalue weighted by atomic mass is 14.8. The first-order valence-corrected chi connectivity index (χ1v) is 10.1. The Morgan fingerprint density at radius 1 is 0.562 bits per heavy atom. The lowest BCUT2D eigenvalue weighted by molar-refractivity contribution is 1.28. The molecule has 0 saturated carbocycles. The molecule has 0 aliphatic rings. The van der Waals surface area contributed by atoms with Crippen molar-refractivity contribution in [3.63, 3.8) is 0 Å². The molecule has 5 rings (SSSR count). The summed E-state index contributed by atoms with van der Waals surface area (Å²) < 4.78 is 0. The molecule has 0 fully saturated rings. The van der Waals surface area contributed by atoms with Crippen LogP contribution in [0.5, 0.6) is 0 Å². The number of nitrogens with zero attached hydrogens (tertiary/aromatic N) is 2. The van der Waals surface area contributed by atoms with Crippen LogP contribution in [-0.2, 0) is 0 Å². The fourth-order valence-corrected chi connectivity index (χ4v) is 3.96. The van der Waals surface area contributed by atoms with Crippen molar-refractivity contribution < 1.29 is 0 Å². The highest BCUT2D eigenvalue weighted by Crippen LogP contribution is 2.36. The summed E-state index contributed by atoms with van der Waals surface area (Å²) in [7, 11) is 0. The fraction of sp³-hybridized carbons (Fsp3) is 0. The summed E-state index contributed by atoms with van der Waals surface area (Å²) in [5.41, 5.74) is 17.5. The van der Waals surface area contributed by atoms with Gasteiger partial charge in [0.15, 0.2) is 0 Å². The van der Waals surface area contributed by atoms with Gasteiger partial charge in [-0.2, -0.15) is 0 Å². The van der Waals surface area contributed by atoms with E-state index in [2.05, 4.69) is 0 Å². The number of hydrogen-bond donors (Lipinski definition) is 4. The lowest BCUT2D eigenvalue weighted by Crippen LogP contribution is -2.15. The maximum atomic E-state index is 8.01. The van der Waals surface area contributed by atoms with Crippen LogP contribution in [0, 0.1) is 10.8 Å². The summed E-state index contributed by atoms with van der Waals surface area (Å²) in [6, 6.07) is 27.6. The van der Waals surface area contributed by atoms with Gasteiger partial charge in [-0.3, -0.25) is 10.8 Å². The standard InChI is InChI=1S/C26H20N6/c27-25(28)21-13-19(15-7-3-1-4-8-15)17-11-12-18-20(16-9-5-2-6-10-16)14-22(26(29)30)32-24(18)23(17)31-21/h1-14H,(H3,27,28)(H3,29,30). The average Bonchev–Trinajstić information content (AvgIpc) is 2.83. The molecule has 0 radical (unpaired) electrons. The SMILES string of the molecule is N=C(N)c1cc(-c2ccccc2)c2ccc3c(-c4ccccc4)cc(C(=N)N)nc3c2n1. The minimum absolute atomic E-state index is 0.118. The molecule has 5 aromatic rings. The highest BCUT2D eigenvalue weighted by molar-refractivity contribution is 6.14. The van der Waals surface area contributed by atoms with E-state index in [4.69, 9.17) is 32.3 Å². The van der Waals surface area contributed by atoms with Crippen molar-refractivity contribution in [2.75, 3.05) is 0 Å². The molecule has 0 unspecified atom stereocenters. The van der Waals surface area contributed by atoms with E-state index in [9.17, 15) is 0 Å². The van der Waals surface area contributed by atoms with Gasteiger partial charge in [0, 0.05) is 10.8 Å². The quantitative estimate of drug-likeness (QED) is 0.193. The van der Waals surface area contributed by atoms with Gasteiger partial charge in [-0.1, -0.05) is 72.8 Å². The molecule has 0 spiro atoms. The second-order valence-electron chi connectivity index (χ2n) is 7.53. The molecule has 0 aliphatic heterocycles. The van der Waals surface area contributed by atoms with Crippen LogP contribution < -0.4 is 11.5 Å². The molecule has 154 valence electrons. The van der Waals surface area contributed by atoms with E-state index < -0.39 is 0 Å². The third-order valence-corrected chi connectivity index (χ3v) is 5.48. The van der Waals surface area contributed by atoms with Gasteiger partial charge >= 0.3 is 0 Å². The van der Waals surface area contributed by atoms with Crippen molar-refractivity contribution in [3.05, 3.63) is 96.3 Å². The molecule has 2 aromatic heterocycles. The third kappa shape index (κ3) is 3.24. The first kappa shape index (κ1) is 19.4. The molecule has 3 aromatic carbocycles. The van der Waals surface area contributed by atoms with Crippen molar-refractivity contribution in [3.8, 4) is 22.3 Å². The summed E-state index contributed by atoms with van der Waals surface area (Å²) in [6.07, 6.45) is 0. The second-order valence-corrected chi connectivity index (χ2v) is 7.53. The molecule has 6 heteroatoms. The van der Waals surface area contributed by atoms with Crippen LogP contribution in [-0.4, -0.2) is 21.6 Å². The van der Waals surface area contributed by atoms with Crippen molar-refractivity contribution in [2.45, 2.75) is 0 Å². The van der Waals surface area contributed by atoms with Gasteiger partial charge in [0.25, 0.3) is 0 Å². The smallest absolute Gasteiger partial charge is 0.141 e. The lowest BCUT2D eigenvalue weighted by Gasteiger charge is -2.14. The van der Waals surface area contributed by atoms with Gasteiger partial charge in [0.2, 0.25) is 0 Å². The zero-order valence-electron chi connectivity index (χ0n) is 17.1. The number of benzene rings is 3. The Hall–Kier alpha value is -4.58. The average molecular weight is 416 g/mol. The van der Waals surface area contributed by atoms with Gasteiger partial charge in [0.1, 0.15) is 23.1 Å². The van der Waals surface area contributed by atoms with E-state index in [1.54, 1.807) is 0 Å². The van der Waals surface area contributed by atoms with Gasteiger partial charge in [0.05, 0.1) is 11.0 Å². The van der Waals surface area contributed by atoms with Gasteiger partial charge in [-0.05, 0) is 34.4 Å². The van der Waals surface area contributed by atoms with Crippen LogP contribution >= 0.6 is 0 Å². The minimum atomic E-state index is -0.118. The number of pyridine rings is 2. The normalized spacial score (nSPS) is 11.0. The van der Waals surface area contributed by atoms with Crippen molar-refractivity contribution >= 4 is 33.5 Å². The molecule has 0 amide bonds. The van der Waals surface area contributed by atoms with Crippen LogP contribution in [0.1, 0.15) is 11.4 Å². The van der Waals surface area contributed by atoms with Gasteiger partial charge < -0.3 is 11.5 Å². The fourth-order valence-electron chi connectivity index (χ4n) is 3.96. The van der Waals surface area contributed by atoms with Crippen LogP contribution in [0.2, 0.25) is 0 Å². The predicted octanol–water partition coefficient (Wildman–Crippen LogP) is 4.69. The van der Waals surface area contributed by atoms with Crippen LogP contribution in [0.4, 0.5) is 0 Å². The van der Waals surface area contributed by atoms with E-state index in [-0.39, 0.29) is 11.7 Å². The topological polar surface area (TPSA) is 126 Å². The molecule has 0 aliphatic carbocycles. The Labute approximate surface area is 184 Å². The number of amidine groups is 2. The maximum Gasteiger partial charge on any atom is 0.141 e. The summed E-state index contributed by atoms with van der Waals surface area (Å²) in [5, 5.41) is 17.8. The van der Waals surface area contributed by atoms with Gasteiger partial charge in [-0.25, -0.2) is 9.97 Å². The first-order chi connectivity index (χ1) is 15.5. The largest absolute Gasteiger partial charge is 0.382 e. The Kier molecular flexibility index (Phi) is 4.60. The number of nitrogens with one attached hydrogen (secondary N) is 2. The molecule has 0 saturated heterocycles. The zero-order valence-corrected chi connectivity index (χ0v) is 17.1. The van der Waals surface area contributed by atoms with Crippen molar-refractivity contribution in [1.82, 2.24) is 9.97 Å². The van der Waals surface area contributed by atoms with E-state index in [1.165, 1.54) is 0 Å². The summed E-state index contributed by atoms with van der Waals surface area (Å²) in [5.74, 6) is -0.237. The van der Waals surface area contributed by atoms with E-state index in [0.717, 1.165) is 33.0 Å². The minimum Gasteiger partial charge on any atom is -0.382 e. The first-order valence-electron chi connectivity index (χ1n) is 10.1. The molecule has 32 heavy (non-hydrogen) atoms. The summed E-state index contributed by atoms with van der Waals surface area (Å²) in [6.45, 7) is 0. The molecule has 0 bridgehead atoms. The van der Waals surface area contributed by atoms with E-state index in [1.807, 2.05) is 84.9 Å². The van der Waals surface area contributed by atoms with E-state index >= 15 is 0 Å². The number of nitrogens with two attached hydrogens (primary N) is 2. The Morgan fingerprint density at radius 3 is 1.28 bits per heavy atom. The monoisotopic (exact) mass is 416 g/mol. The molecule has 6 nitrogen and oxygen atoms in total. The maximum absolute atomic E-state index is 8.01. The van der Waals surface area contributed by atoms with Crippen LogP contribution in [0.15, 0.2) is 84.9 Å². The number of fused-ring (bicyclic) bond motifs is 3. The summed E-state index contributed by atoms with van der Waals surface area (Å²) in [4.78, 5) is 9.40. The number of rotatable bonds is 4. The Balaban J connectivity index is 1.94. The summed E-state index contributed by atoms with van der Waals surface area (Å²) >= 11 is 0. The Bertz CT molecular complexity index is 1390. The predicted molar refractivity (Wildman–Crippen MR) is 130 cm³/mol. The van der Waals surface area contributed by atoms with Gasteiger partial charge in [-0.15, -0.1) is 0 Å². The third-order valence-electron chi connectivity index (χ3n) is 5.48.